The Morgan fingerprint density at radius 1 is 1.43 bits per heavy atom. The molecule has 1 unspecified atom stereocenters. The zero-order valence-corrected chi connectivity index (χ0v) is 13.5. The van der Waals surface area contributed by atoms with Gasteiger partial charge in [-0.25, -0.2) is 4.79 Å². The molecule has 21 heavy (non-hydrogen) atoms. The van der Waals surface area contributed by atoms with Crippen LogP contribution in [0.4, 0.5) is 16.2 Å². The fourth-order valence-corrected chi connectivity index (χ4v) is 4.46. The van der Waals surface area contributed by atoms with E-state index in [1.54, 1.807) is 4.90 Å². The molecule has 2 amide bonds. The number of benzene rings is 1. The minimum absolute atomic E-state index is 0.000650. The molecule has 2 saturated heterocycles. The molecule has 1 atom stereocenters. The molecule has 5 heteroatoms. The Kier molecular flexibility index (Phi) is 4.02. The predicted octanol–water partition coefficient (Wildman–Crippen LogP) is 3.16. The molecule has 2 N–H and O–H groups in total. The van der Waals surface area contributed by atoms with E-state index in [9.17, 15) is 4.79 Å². The fraction of sp³-hybridized carbons (Fsp3) is 0.562. The first kappa shape index (κ1) is 14.6. The Hall–Kier alpha value is -1.36. The molecule has 0 bridgehead atoms. The molecule has 0 spiro atoms. The summed E-state index contributed by atoms with van der Waals surface area (Å²) in [6, 6.07) is 8.66. The van der Waals surface area contributed by atoms with Crippen LogP contribution >= 0.6 is 11.8 Å². The molecule has 0 saturated carbocycles. The third-order valence-corrected chi connectivity index (χ3v) is 5.54. The molecular formula is C16H23N3OS. The normalized spacial score (nSPS) is 24.8. The van der Waals surface area contributed by atoms with Gasteiger partial charge in [0.1, 0.15) is 0 Å². The van der Waals surface area contributed by atoms with E-state index < -0.39 is 0 Å². The third-order valence-electron chi connectivity index (χ3n) is 4.47. The second-order valence-corrected chi connectivity index (χ2v) is 7.59. The van der Waals surface area contributed by atoms with Crippen LogP contribution in [0.2, 0.25) is 0 Å². The first-order valence-corrected chi connectivity index (χ1v) is 8.71. The van der Waals surface area contributed by atoms with Gasteiger partial charge < -0.3 is 10.6 Å². The van der Waals surface area contributed by atoms with E-state index in [0.29, 0.717) is 11.5 Å². The lowest BCUT2D eigenvalue weighted by atomic mass is 9.82. The Morgan fingerprint density at radius 2 is 2.29 bits per heavy atom. The molecule has 3 rings (SSSR count). The van der Waals surface area contributed by atoms with E-state index in [1.807, 2.05) is 23.9 Å². The summed E-state index contributed by atoms with van der Waals surface area (Å²) in [4.78, 5) is 13.6. The van der Waals surface area contributed by atoms with Crippen LogP contribution in [-0.2, 0) is 0 Å². The summed E-state index contributed by atoms with van der Waals surface area (Å²) in [5, 5.41) is 6.52. The van der Waals surface area contributed by atoms with Crippen molar-refractivity contribution in [2.24, 2.45) is 5.41 Å². The van der Waals surface area contributed by atoms with E-state index >= 15 is 0 Å². The number of anilines is 2. The maximum absolute atomic E-state index is 11.8. The number of rotatable bonds is 3. The topological polar surface area (TPSA) is 44.4 Å². The van der Waals surface area contributed by atoms with Gasteiger partial charge in [-0.1, -0.05) is 19.9 Å². The summed E-state index contributed by atoms with van der Waals surface area (Å²) in [5.74, 6) is 2.39. The van der Waals surface area contributed by atoms with Gasteiger partial charge in [0.25, 0.3) is 0 Å². The minimum atomic E-state index is 0.000650. The maximum atomic E-state index is 11.8. The summed E-state index contributed by atoms with van der Waals surface area (Å²) < 4.78 is 0. The largest absolute Gasteiger partial charge is 0.381 e. The van der Waals surface area contributed by atoms with E-state index in [1.165, 1.54) is 12.2 Å². The van der Waals surface area contributed by atoms with Crippen molar-refractivity contribution in [3.05, 3.63) is 24.3 Å². The number of carbonyl (C=O) groups excluding carboxylic acids is 1. The predicted molar refractivity (Wildman–Crippen MR) is 90.3 cm³/mol. The summed E-state index contributed by atoms with van der Waals surface area (Å²) >= 11 is 2.02. The lowest BCUT2D eigenvalue weighted by Gasteiger charge is -2.39. The highest BCUT2D eigenvalue weighted by Crippen LogP contribution is 2.36. The Morgan fingerprint density at radius 3 is 3.00 bits per heavy atom. The van der Waals surface area contributed by atoms with Crippen molar-refractivity contribution < 1.29 is 4.79 Å². The Bertz CT molecular complexity index is 532. The van der Waals surface area contributed by atoms with E-state index in [-0.39, 0.29) is 6.03 Å². The van der Waals surface area contributed by atoms with Crippen LogP contribution in [0.3, 0.4) is 0 Å². The molecule has 2 aliphatic heterocycles. The van der Waals surface area contributed by atoms with Gasteiger partial charge in [-0.05, 0) is 35.8 Å². The number of nitrogens with one attached hydrogen (secondary N) is 2. The van der Waals surface area contributed by atoms with Crippen LogP contribution < -0.4 is 15.5 Å². The number of urea groups is 1. The number of thioether (sulfide) groups is 1. The average Bonchev–Trinajstić information content (AvgIpc) is 2.88. The van der Waals surface area contributed by atoms with Crippen LogP contribution in [0.5, 0.6) is 0 Å². The summed E-state index contributed by atoms with van der Waals surface area (Å²) in [5.41, 5.74) is 2.38. The Balaban J connectivity index is 1.75. The number of nitrogens with zero attached hydrogens (tertiary/aromatic N) is 1. The molecule has 0 aromatic heterocycles. The smallest absolute Gasteiger partial charge is 0.321 e. The zero-order valence-electron chi connectivity index (χ0n) is 12.7. The number of carbonyl (C=O) groups is 1. The summed E-state index contributed by atoms with van der Waals surface area (Å²) in [6.07, 6.45) is 1.24. The summed E-state index contributed by atoms with van der Waals surface area (Å²) in [6.45, 7) is 6.14. The second kappa shape index (κ2) is 5.79. The van der Waals surface area contributed by atoms with E-state index in [4.69, 9.17) is 0 Å². The van der Waals surface area contributed by atoms with Gasteiger partial charge in [-0.15, -0.1) is 0 Å². The summed E-state index contributed by atoms with van der Waals surface area (Å²) in [7, 11) is 0. The molecule has 1 aromatic rings. The highest BCUT2D eigenvalue weighted by Gasteiger charge is 2.32. The number of amides is 2. The van der Waals surface area contributed by atoms with E-state index in [0.717, 1.165) is 30.2 Å². The van der Waals surface area contributed by atoms with Gasteiger partial charge in [-0.2, -0.15) is 11.8 Å². The van der Waals surface area contributed by atoms with Crippen LogP contribution in [0.1, 0.15) is 20.3 Å². The number of hydrogen-bond acceptors (Lipinski definition) is 3. The van der Waals surface area contributed by atoms with Gasteiger partial charge in [0, 0.05) is 36.3 Å². The molecular weight excluding hydrogens is 282 g/mol. The maximum Gasteiger partial charge on any atom is 0.321 e. The third kappa shape index (κ3) is 3.12. The molecule has 2 aliphatic rings. The molecule has 1 aromatic carbocycles. The van der Waals surface area contributed by atoms with Gasteiger partial charge >= 0.3 is 6.03 Å². The van der Waals surface area contributed by atoms with E-state index in [2.05, 4.69) is 36.6 Å². The van der Waals surface area contributed by atoms with Crippen LogP contribution in [-0.4, -0.2) is 36.7 Å². The lowest BCUT2D eigenvalue weighted by Crippen LogP contribution is -2.41. The first-order valence-electron chi connectivity index (χ1n) is 7.56. The number of hydrogen-bond donors (Lipinski definition) is 2. The van der Waals surface area contributed by atoms with Crippen molar-refractivity contribution in [1.82, 2.24) is 5.32 Å². The van der Waals surface area contributed by atoms with Crippen molar-refractivity contribution >= 4 is 29.2 Å². The quantitative estimate of drug-likeness (QED) is 0.901. The molecule has 2 fully saturated rings. The fourth-order valence-electron chi connectivity index (χ4n) is 2.86. The highest BCUT2D eigenvalue weighted by molar-refractivity contribution is 7.99. The average molecular weight is 305 g/mol. The van der Waals surface area contributed by atoms with Gasteiger partial charge in [-0.3, -0.25) is 4.90 Å². The minimum Gasteiger partial charge on any atom is -0.381 e. The lowest BCUT2D eigenvalue weighted by molar-refractivity contribution is 0.252. The van der Waals surface area contributed by atoms with Crippen molar-refractivity contribution in [1.29, 1.82) is 0 Å². The highest BCUT2D eigenvalue weighted by atomic mass is 32.2. The Labute approximate surface area is 130 Å². The zero-order chi connectivity index (χ0) is 14.9. The second-order valence-electron chi connectivity index (χ2n) is 6.44. The standard InChI is InChI=1S/C16H23N3OS/c1-16(2)6-9-21-11-14(16)18-12-4-3-5-13(10-12)19-8-7-17-15(19)20/h3-5,10,14,18H,6-9,11H2,1-2H3,(H,17,20). The van der Waals surface area contributed by atoms with Crippen LogP contribution in [0.15, 0.2) is 24.3 Å². The molecule has 4 nitrogen and oxygen atoms in total. The van der Waals surface area contributed by atoms with Crippen LogP contribution in [0.25, 0.3) is 0 Å². The van der Waals surface area contributed by atoms with Gasteiger partial charge in [0.2, 0.25) is 0 Å². The molecule has 0 radical (unpaired) electrons. The van der Waals surface area contributed by atoms with Gasteiger partial charge in [0.15, 0.2) is 0 Å². The molecule has 2 heterocycles. The van der Waals surface area contributed by atoms with Crippen molar-refractivity contribution in [2.45, 2.75) is 26.3 Å². The van der Waals surface area contributed by atoms with Crippen molar-refractivity contribution in [2.75, 3.05) is 34.8 Å². The van der Waals surface area contributed by atoms with Crippen LogP contribution in [0, 0.1) is 5.41 Å². The van der Waals surface area contributed by atoms with Gasteiger partial charge in [0.05, 0.1) is 0 Å². The monoisotopic (exact) mass is 305 g/mol. The van der Waals surface area contributed by atoms with Crippen molar-refractivity contribution in [3.63, 3.8) is 0 Å². The SMILES string of the molecule is CC1(C)CCSCC1Nc1cccc(N2CCNC2=O)c1. The van der Waals surface area contributed by atoms with Crippen molar-refractivity contribution in [3.8, 4) is 0 Å². The molecule has 114 valence electrons. The molecule has 0 aliphatic carbocycles. The first-order chi connectivity index (χ1) is 10.1.